The standard InChI is InChI=1S/C15H27N3/c1-12-9-14(11-15(2,3)10-12)16-7-5-13-6-8-18(4)17-13/h6,8,12,14,16H,5,7,9-11H2,1-4H3. The van der Waals surface area contributed by atoms with Gasteiger partial charge in [-0.25, -0.2) is 0 Å². The van der Waals surface area contributed by atoms with Crippen molar-refractivity contribution in [1.29, 1.82) is 0 Å². The van der Waals surface area contributed by atoms with Crippen LogP contribution in [0.1, 0.15) is 45.7 Å². The number of rotatable bonds is 4. The third-order valence-corrected chi connectivity index (χ3v) is 3.97. The van der Waals surface area contributed by atoms with Gasteiger partial charge in [0.15, 0.2) is 0 Å². The Bertz CT molecular complexity index is 381. The lowest BCUT2D eigenvalue weighted by molar-refractivity contribution is 0.152. The molecule has 1 aromatic rings. The van der Waals surface area contributed by atoms with Crippen molar-refractivity contribution in [2.24, 2.45) is 18.4 Å². The Balaban J connectivity index is 1.76. The van der Waals surface area contributed by atoms with Gasteiger partial charge in [0, 0.05) is 32.3 Å². The minimum absolute atomic E-state index is 0.500. The number of aryl methyl sites for hydroxylation is 1. The fourth-order valence-corrected chi connectivity index (χ4v) is 3.50. The Morgan fingerprint density at radius 1 is 1.44 bits per heavy atom. The van der Waals surface area contributed by atoms with E-state index in [2.05, 4.69) is 37.3 Å². The summed E-state index contributed by atoms with van der Waals surface area (Å²) >= 11 is 0. The highest BCUT2D eigenvalue weighted by Gasteiger charge is 2.31. The maximum atomic E-state index is 4.41. The number of nitrogens with zero attached hydrogens (tertiary/aromatic N) is 2. The van der Waals surface area contributed by atoms with E-state index < -0.39 is 0 Å². The fraction of sp³-hybridized carbons (Fsp3) is 0.800. The summed E-state index contributed by atoms with van der Waals surface area (Å²) < 4.78 is 1.88. The lowest BCUT2D eigenvalue weighted by Crippen LogP contribution is -2.40. The van der Waals surface area contributed by atoms with Crippen LogP contribution in [0.3, 0.4) is 0 Å². The summed E-state index contributed by atoms with van der Waals surface area (Å²) in [5, 5.41) is 8.13. The Hall–Kier alpha value is -0.830. The Morgan fingerprint density at radius 3 is 2.83 bits per heavy atom. The Labute approximate surface area is 111 Å². The molecule has 1 N–H and O–H groups in total. The van der Waals surface area contributed by atoms with Gasteiger partial charge in [0.1, 0.15) is 0 Å². The van der Waals surface area contributed by atoms with Gasteiger partial charge in [-0.3, -0.25) is 4.68 Å². The number of nitrogens with one attached hydrogen (secondary N) is 1. The van der Waals surface area contributed by atoms with Crippen molar-refractivity contribution < 1.29 is 0 Å². The summed E-state index contributed by atoms with van der Waals surface area (Å²) in [5.74, 6) is 0.848. The molecule has 102 valence electrons. The summed E-state index contributed by atoms with van der Waals surface area (Å²) in [5.41, 5.74) is 1.69. The molecule has 3 nitrogen and oxygen atoms in total. The minimum atomic E-state index is 0.500. The van der Waals surface area contributed by atoms with Crippen LogP contribution in [-0.2, 0) is 13.5 Å². The van der Waals surface area contributed by atoms with Gasteiger partial charge in [-0.05, 0) is 36.7 Å². The first-order valence-corrected chi connectivity index (χ1v) is 7.16. The molecule has 1 fully saturated rings. The first-order valence-electron chi connectivity index (χ1n) is 7.16. The predicted molar refractivity (Wildman–Crippen MR) is 75.5 cm³/mol. The second kappa shape index (κ2) is 5.43. The van der Waals surface area contributed by atoms with Gasteiger partial charge in [0.2, 0.25) is 0 Å². The van der Waals surface area contributed by atoms with Gasteiger partial charge in [-0.2, -0.15) is 5.10 Å². The van der Waals surface area contributed by atoms with E-state index in [1.807, 2.05) is 17.9 Å². The predicted octanol–water partition coefficient (Wildman–Crippen LogP) is 2.77. The molecule has 0 bridgehead atoms. The van der Waals surface area contributed by atoms with Crippen LogP contribution in [0.25, 0.3) is 0 Å². The zero-order valence-electron chi connectivity index (χ0n) is 12.2. The molecule has 3 heteroatoms. The van der Waals surface area contributed by atoms with Crippen LogP contribution in [0.2, 0.25) is 0 Å². The molecule has 2 rings (SSSR count). The van der Waals surface area contributed by atoms with E-state index in [1.54, 1.807) is 0 Å². The van der Waals surface area contributed by atoms with Crippen LogP contribution in [0, 0.1) is 11.3 Å². The molecule has 0 aliphatic heterocycles. The van der Waals surface area contributed by atoms with Crippen LogP contribution in [0.5, 0.6) is 0 Å². The number of aromatic nitrogens is 2. The van der Waals surface area contributed by atoms with Crippen LogP contribution < -0.4 is 5.32 Å². The molecule has 1 saturated carbocycles. The molecule has 0 saturated heterocycles. The van der Waals surface area contributed by atoms with Crippen LogP contribution in [-0.4, -0.2) is 22.4 Å². The molecular formula is C15H27N3. The average molecular weight is 249 g/mol. The van der Waals surface area contributed by atoms with Gasteiger partial charge in [-0.15, -0.1) is 0 Å². The summed E-state index contributed by atoms with van der Waals surface area (Å²) in [6.07, 6.45) is 7.05. The second-order valence-corrected chi connectivity index (χ2v) is 6.80. The molecule has 1 heterocycles. The lowest BCUT2D eigenvalue weighted by Gasteiger charge is -2.39. The lowest BCUT2D eigenvalue weighted by atomic mass is 9.70. The van der Waals surface area contributed by atoms with E-state index in [1.165, 1.54) is 25.0 Å². The Morgan fingerprint density at radius 2 is 2.22 bits per heavy atom. The molecule has 0 aromatic carbocycles. The van der Waals surface area contributed by atoms with E-state index >= 15 is 0 Å². The van der Waals surface area contributed by atoms with E-state index in [-0.39, 0.29) is 0 Å². The maximum absolute atomic E-state index is 4.41. The van der Waals surface area contributed by atoms with E-state index in [4.69, 9.17) is 0 Å². The summed E-state index contributed by atoms with van der Waals surface area (Å²) in [6, 6.07) is 2.79. The highest BCUT2D eigenvalue weighted by molar-refractivity contribution is 4.99. The third-order valence-electron chi connectivity index (χ3n) is 3.97. The summed E-state index contributed by atoms with van der Waals surface area (Å²) in [4.78, 5) is 0. The van der Waals surface area contributed by atoms with Crippen molar-refractivity contribution in [1.82, 2.24) is 15.1 Å². The van der Waals surface area contributed by atoms with E-state index in [0.717, 1.165) is 18.9 Å². The van der Waals surface area contributed by atoms with Gasteiger partial charge in [-0.1, -0.05) is 20.8 Å². The molecule has 0 amide bonds. The van der Waals surface area contributed by atoms with Gasteiger partial charge in [0.05, 0.1) is 5.69 Å². The highest BCUT2D eigenvalue weighted by atomic mass is 15.2. The van der Waals surface area contributed by atoms with Crippen LogP contribution in [0.15, 0.2) is 12.3 Å². The third kappa shape index (κ3) is 3.84. The largest absolute Gasteiger partial charge is 0.314 e. The summed E-state index contributed by atoms with van der Waals surface area (Å²) in [7, 11) is 1.97. The first kappa shape index (κ1) is 13.6. The average Bonchev–Trinajstić information content (AvgIpc) is 2.61. The molecule has 1 aromatic heterocycles. The smallest absolute Gasteiger partial charge is 0.0637 e. The van der Waals surface area contributed by atoms with E-state index in [9.17, 15) is 0 Å². The zero-order chi connectivity index (χ0) is 13.2. The number of hydrogen-bond donors (Lipinski definition) is 1. The summed E-state index contributed by atoms with van der Waals surface area (Å²) in [6.45, 7) is 8.23. The van der Waals surface area contributed by atoms with Crippen molar-refractivity contribution in [2.45, 2.75) is 52.5 Å². The maximum Gasteiger partial charge on any atom is 0.0637 e. The Kier molecular flexibility index (Phi) is 4.10. The molecule has 18 heavy (non-hydrogen) atoms. The highest BCUT2D eigenvalue weighted by Crippen LogP contribution is 2.38. The van der Waals surface area contributed by atoms with Gasteiger partial charge >= 0.3 is 0 Å². The monoisotopic (exact) mass is 249 g/mol. The zero-order valence-corrected chi connectivity index (χ0v) is 12.2. The minimum Gasteiger partial charge on any atom is -0.314 e. The molecule has 2 atom stereocenters. The van der Waals surface area contributed by atoms with Crippen molar-refractivity contribution >= 4 is 0 Å². The molecule has 1 aliphatic carbocycles. The van der Waals surface area contributed by atoms with E-state index in [0.29, 0.717) is 11.5 Å². The quantitative estimate of drug-likeness (QED) is 0.889. The first-order chi connectivity index (χ1) is 8.44. The van der Waals surface area contributed by atoms with Crippen molar-refractivity contribution in [3.8, 4) is 0 Å². The van der Waals surface area contributed by atoms with Gasteiger partial charge in [0.25, 0.3) is 0 Å². The normalized spacial score (nSPS) is 27.3. The number of hydrogen-bond acceptors (Lipinski definition) is 2. The van der Waals surface area contributed by atoms with Crippen molar-refractivity contribution in [2.75, 3.05) is 6.54 Å². The topological polar surface area (TPSA) is 29.9 Å². The van der Waals surface area contributed by atoms with Crippen LogP contribution >= 0.6 is 0 Å². The van der Waals surface area contributed by atoms with Crippen LogP contribution in [0.4, 0.5) is 0 Å². The van der Waals surface area contributed by atoms with Crippen molar-refractivity contribution in [3.05, 3.63) is 18.0 Å². The van der Waals surface area contributed by atoms with Crippen molar-refractivity contribution in [3.63, 3.8) is 0 Å². The molecule has 2 unspecified atom stereocenters. The second-order valence-electron chi connectivity index (χ2n) is 6.80. The molecule has 1 aliphatic rings. The molecule has 0 spiro atoms. The molecular weight excluding hydrogens is 222 g/mol. The molecule has 0 radical (unpaired) electrons. The SMILES string of the molecule is CC1CC(NCCc2ccn(C)n2)CC(C)(C)C1. The fourth-order valence-electron chi connectivity index (χ4n) is 3.50. The van der Waals surface area contributed by atoms with Gasteiger partial charge < -0.3 is 5.32 Å².